The molecule has 4 aliphatic carbocycles. The van der Waals surface area contributed by atoms with Crippen LogP contribution in [-0.4, -0.2) is 46.9 Å². The summed E-state index contributed by atoms with van der Waals surface area (Å²) in [6.45, 7) is 10.2. The first kappa shape index (κ1) is 24.3. The van der Waals surface area contributed by atoms with E-state index in [9.17, 15) is 14.3 Å². The highest BCUT2D eigenvalue weighted by molar-refractivity contribution is 5.74. The molecule has 0 bridgehead atoms. The molecule has 2 amide bonds. The Morgan fingerprint density at radius 1 is 1.06 bits per heavy atom. The Morgan fingerprint density at radius 3 is 2.28 bits per heavy atom. The number of carbonyl (C=O) groups is 1. The summed E-state index contributed by atoms with van der Waals surface area (Å²) < 4.78 is 14.1. The highest BCUT2D eigenvalue weighted by Gasteiger charge is 2.54. The number of rotatable bonds is 7. The van der Waals surface area contributed by atoms with Crippen molar-refractivity contribution in [3.05, 3.63) is 0 Å². The number of alkyl halides is 1. The standard InChI is InChI=1S/C27H47FN2O2/c1-25(2,32)20-10-12-23(13-11-20)30(24(31)29-15-19-8-9-19)18-26(3)16-27(4,17-26)21-6-5-7-22(28)14-21/h19-23,32H,5-18H2,1-4H3,(H,29,31). The van der Waals surface area contributed by atoms with Crippen LogP contribution in [-0.2, 0) is 0 Å². The predicted octanol–water partition coefficient (Wildman–Crippen LogP) is 6.07. The van der Waals surface area contributed by atoms with Crippen LogP contribution < -0.4 is 5.32 Å². The van der Waals surface area contributed by atoms with E-state index in [0.717, 1.165) is 70.9 Å². The van der Waals surface area contributed by atoms with Crippen LogP contribution in [0.4, 0.5) is 9.18 Å². The zero-order chi connectivity index (χ0) is 23.1. The van der Waals surface area contributed by atoms with Crippen molar-refractivity contribution in [2.75, 3.05) is 13.1 Å². The number of carbonyl (C=O) groups excluding carboxylic acids is 1. The molecule has 2 atom stereocenters. The molecule has 4 nitrogen and oxygen atoms in total. The molecule has 0 aromatic heterocycles. The zero-order valence-corrected chi connectivity index (χ0v) is 21.0. The first-order valence-electron chi connectivity index (χ1n) is 13.4. The van der Waals surface area contributed by atoms with Gasteiger partial charge in [0.25, 0.3) is 0 Å². The van der Waals surface area contributed by atoms with Crippen LogP contribution in [0.25, 0.3) is 0 Å². The normalized spacial score (nSPS) is 40.4. The molecule has 4 fully saturated rings. The Hall–Kier alpha value is -0.840. The van der Waals surface area contributed by atoms with Crippen molar-refractivity contribution in [1.29, 1.82) is 0 Å². The van der Waals surface area contributed by atoms with Crippen LogP contribution in [0.3, 0.4) is 0 Å². The van der Waals surface area contributed by atoms with Crippen molar-refractivity contribution >= 4 is 6.03 Å². The number of halogens is 1. The predicted molar refractivity (Wildman–Crippen MR) is 127 cm³/mol. The molecule has 0 aromatic rings. The lowest BCUT2D eigenvalue weighted by Crippen LogP contribution is -2.58. The van der Waals surface area contributed by atoms with Crippen LogP contribution in [0.5, 0.6) is 0 Å². The largest absolute Gasteiger partial charge is 0.390 e. The quantitative estimate of drug-likeness (QED) is 0.494. The van der Waals surface area contributed by atoms with Crippen LogP contribution >= 0.6 is 0 Å². The molecule has 4 saturated carbocycles. The van der Waals surface area contributed by atoms with Gasteiger partial charge in [-0.25, -0.2) is 9.18 Å². The highest BCUT2D eigenvalue weighted by atomic mass is 19.1. The van der Waals surface area contributed by atoms with E-state index in [1.54, 1.807) is 0 Å². The molecule has 0 saturated heterocycles. The van der Waals surface area contributed by atoms with E-state index in [2.05, 4.69) is 24.1 Å². The van der Waals surface area contributed by atoms with Crippen LogP contribution in [0, 0.1) is 28.6 Å². The fourth-order valence-electron chi connectivity index (χ4n) is 7.59. The summed E-state index contributed by atoms with van der Waals surface area (Å²) in [6, 6.07) is 0.376. The molecule has 2 unspecified atom stereocenters. The maximum atomic E-state index is 14.1. The van der Waals surface area contributed by atoms with Crippen LogP contribution in [0.15, 0.2) is 0 Å². The number of aliphatic hydroxyl groups is 1. The molecule has 4 rings (SSSR count). The number of nitrogens with zero attached hydrogens (tertiary/aromatic N) is 1. The van der Waals surface area contributed by atoms with Crippen molar-refractivity contribution in [3.8, 4) is 0 Å². The molecular formula is C27H47FN2O2. The van der Waals surface area contributed by atoms with E-state index in [1.807, 2.05) is 13.8 Å². The van der Waals surface area contributed by atoms with E-state index in [-0.39, 0.29) is 22.9 Å². The Labute approximate surface area is 195 Å². The van der Waals surface area contributed by atoms with Gasteiger partial charge in [0.2, 0.25) is 0 Å². The molecule has 0 spiro atoms. The fourth-order valence-corrected chi connectivity index (χ4v) is 7.59. The molecule has 184 valence electrons. The second kappa shape index (κ2) is 9.07. The van der Waals surface area contributed by atoms with Crippen LogP contribution in [0.1, 0.15) is 105 Å². The van der Waals surface area contributed by atoms with Gasteiger partial charge in [0.05, 0.1) is 5.60 Å². The summed E-state index contributed by atoms with van der Waals surface area (Å²) in [5.41, 5.74) is -0.281. The molecule has 0 heterocycles. The minimum atomic E-state index is -0.639. The van der Waals surface area contributed by atoms with Gasteiger partial charge >= 0.3 is 6.03 Å². The third-order valence-corrected chi connectivity index (χ3v) is 9.45. The smallest absolute Gasteiger partial charge is 0.317 e. The second-order valence-electron chi connectivity index (χ2n) is 13.2. The SMILES string of the molecule is CC1(CN(C(=O)NCC2CC2)C2CCC(C(C)(C)O)CC2)CC(C)(C2CCCC(F)C2)C1. The fraction of sp³-hybridized carbons (Fsp3) is 0.963. The minimum absolute atomic E-state index is 0.111. The van der Waals surface area contributed by atoms with Gasteiger partial charge in [-0.15, -0.1) is 0 Å². The molecule has 0 aromatic carbocycles. The lowest BCUT2D eigenvalue weighted by Gasteiger charge is -2.59. The van der Waals surface area contributed by atoms with E-state index in [0.29, 0.717) is 17.8 Å². The Kier molecular flexibility index (Phi) is 6.89. The maximum Gasteiger partial charge on any atom is 0.317 e. The Bertz CT molecular complexity index is 657. The monoisotopic (exact) mass is 450 g/mol. The number of amides is 2. The van der Waals surface area contributed by atoms with Crippen molar-refractivity contribution in [3.63, 3.8) is 0 Å². The lowest BCUT2D eigenvalue weighted by molar-refractivity contribution is -0.0927. The molecule has 0 aliphatic heterocycles. The molecule has 5 heteroatoms. The van der Waals surface area contributed by atoms with E-state index >= 15 is 0 Å². The van der Waals surface area contributed by atoms with E-state index < -0.39 is 11.8 Å². The van der Waals surface area contributed by atoms with Crippen molar-refractivity contribution in [2.45, 2.75) is 123 Å². The number of hydrogen-bond donors (Lipinski definition) is 2. The van der Waals surface area contributed by atoms with Gasteiger partial charge in [0.1, 0.15) is 6.17 Å². The molecule has 0 radical (unpaired) electrons. The van der Waals surface area contributed by atoms with E-state index in [1.165, 1.54) is 19.3 Å². The van der Waals surface area contributed by atoms with Gasteiger partial charge in [-0.05, 0) is 113 Å². The zero-order valence-electron chi connectivity index (χ0n) is 21.0. The second-order valence-corrected chi connectivity index (χ2v) is 13.2. The topological polar surface area (TPSA) is 52.6 Å². The first-order chi connectivity index (χ1) is 15.0. The summed E-state index contributed by atoms with van der Waals surface area (Å²) in [7, 11) is 0. The van der Waals surface area contributed by atoms with E-state index in [4.69, 9.17) is 0 Å². The Morgan fingerprint density at radius 2 is 1.72 bits per heavy atom. The lowest BCUT2D eigenvalue weighted by atomic mass is 9.48. The summed E-state index contributed by atoms with van der Waals surface area (Å²) in [6.07, 6.45) is 11.6. The summed E-state index contributed by atoms with van der Waals surface area (Å²) in [5.74, 6) is 1.49. The van der Waals surface area contributed by atoms with Gasteiger partial charge in [0.15, 0.2) is 0 Å². The summed E-state index contributed by atoms with van der Waals surface area (Å²) >= 11 is 0. The van der Waals surface area contributed by atoms with Gasteiger partial charge in [-0.2, -0.15) is 0 Å². The molecule has 4 aliphatic rings. The number of hydrogen-bond acceptors (Lipinski definition) is 2. The van der Waals surface area contributed by atoms with Crippen molar-refractivity contribution in [2.24, 2.45) is 28.6 Å². The van der Waals surface area contributed by atoms with Crippen LogP contribution in [0.2, 0.25) is 0 Å². The molecule has 2 N–H and O–H groups in total. The number of nitrogens with one attached hydrogen (secondary N) is 1. The number of urea groups is 1. The summed E-state index contributed by atoms with van der Waals surface area (Å²) in [4.78, 5) is 15.4. The van der Waals surface area contributed by atoms with Gasteiger partial charge in [-0.1, -0.05) is 20.3 Å². The third kappa shape index (κ3) is 5.62. The maximum absolute atomic E-state index is 14.1. The van der Waals surface area contributed by atoms with Crippen molar-refractivity contribution in [1.82, 2.24) is 10.2 Å². The molecule has 32 heavy (non-hydrogen) atoms. The highest BCUT2D eigenvalue weighted by Crippen LogP contribution is 2.61. The molecular weight excluding hydrogens is 403 g/mol. The minimum Gasteiger partial charge on any atom is -0.390 e. The van der Waals surface area contributed by atoms with Gasteiger partial charge in [-0.3, -0.25) is 0 Å². The average Bonchev–Trinajstić information content (AvgIpc) is 3.53. The average molecular weight is 451 g/mol. The third-order valence-electron chi connectivity index (χ3n) is 9.45. The first-order valence-corrected chi connectivity index (χ1v) is 13.4. The van der Waals surface area contributed by atoms with Gasteiger partial charge in [0, 0.05) is 19.1 Å². The Balaban J connectivity index is 1.38. The van der Waals surface area contributed by atoms with Crippen molar-refractivity contribution < 1.29 is 14.3 Å². The summed E-state index contributed by atoms with van der Waals surface area (Å²) in [5, 5.41) is 13.7. The van der Waals surface area contributed by atoms with Gasteiger partial charge < -0.3 is 15.3 Å².